The van der Waals surface area contributed by atoms with Gasteiger partial charge < -0.3 is 10.2 Å². The maximum absolute atomic E-state index is 14.8. The van der Waals surface area contributed by atoms with Crippen molar-refractivity contribution in [1.82, 2.24) is 10.2 Å². The molecule has 3 nitrogen and oxygen atoms in total. The Balaban J connectivity index is 1.66. The summed E-state index contributed by atoms with van der Waals surface area (Å²) in [5.41, 5.74) is -1.73. The molecule has 0 unspecified atom stereocenters. The zero-order valence-corrected chi connectivity index (χ0v) is 11.9. The Morgan fingerprint density at radius 2 is 2.00 bits per heavy atom. The van der Waals surface area contributed by atoms with Crippen molar-refractivity contribution in [2.24, 2.45) is 0 Å². The summed E-state index contributed by atoms with van der Waals surface area (Å²) in [6.45, 7) is 4.41. The van der Waals surface area contributed by atoms with Gasteiger partial charge in [0, 0.05) is 6.54 Å². The fourth-order valence-corrected chi connectivity index (χ4v) is 2.68. The summed E-state index contributed by atoms with van der Waals surface area (Å²) < 4.78 is 14.8. The van der Waals surface area contributed by atoms with E-state index in [0.717, 1.165) is 32.5 Å². The lowest BCUT2D eigenvalue weighted by Gasteiger charge is -2.35. The molecule has 1 atom stereocenters. The van der Waals surface area contributed by atoms with Crippen LogP contribution in [0.5, 0.6) is 0 Å². The van der Waals surface area contributed by atoms with Crippen LogP contribution in [-0.2, 0) is 10.5 Å². The van der Waals surface area contributed by atoms with Crippen molar-refractivity contribution in [3.8, 4) is 0 Å². The highest BCUT2D eigenvalue weighted by atomic mass is 19.1. The molecule has 2 fully saturated rings. The van der Waals surface area contributed by atoms with Crippen LogP contribution in [0.1, 0.15) is 31.7 Å². The molecule has 1 saturated heterocycles. The first-order chi connectivity index (χ1) is 9.52. The highest BCUT2D eigenvalue weighted by molar-refractivity contribution is 5.87. The Morgan fingerprint density at radius 3 is 2.50 bits per heavy atom. The smallest absolute Gasteiger partial charge is 0.262 e. The monoisotopic (exact) mass is 276 g/mol. The number of likely N-dealkylation sites (tertiary alicyclic amines) is 1. The maximum atomic E-state index is 14.8. The molecule has 1 amide bonds. The minimum atomic E-state index is -1.97. The number of alkyl halides is 1. The van der Waals surface area contributed by atoms with E-state index in [0.29, 0.717) is 5.56 Å². The van der Waals surface area contributed by atoms with Gasteiger partial charge in [0.05, 0.1) is 5.54 Å². The number of hydrogen-bond donors (Lipinski definition) is 1. The Morgan fingerprint density at radius 1 is 1.35 bits per heavy atom. The Bertz CT molecular complexity index is 492. The van der Waals surface area contributed by atoms with Crippen LogP contribution in [0.2, 0.25) is 0 Å². The normalized spacial score (nSPS) is 23.5. The van der Waals surface area contributed by atoms with Gasteiger partial charge in [-0.1, -0.05) is 30.3 Å². The molecule has 0 spiro atoms. The Kier molecular flexibility index (Phi) is 3.28. The Labute approximate surface area is 119 Å². The minimum Gasteiger partial charge on any atom is -0.346 e. The molecular formula is C16H21FN2O. The highest BCUT2D eigenvalue weighted by Crippen LogP contribution is 2.38. The Hall–Kier alpha value is -1.42. The molecule has 0 aromatic heterocycles. The average Bonchev–Trinajstić information content (AvgIpc) is 3.15. The summed E-state index contributed by atoms with van der Waals surface area (Å²) in [5.74, 6) is -0.512. The standard InChI is InChI=1S/C16H21FN2O/c1-15(17,13-6-3-2-4-7-13)14(20)18-16(8-9-16)12-19-10-5-11-19/h2-4,6-7H,5,8-12H2,1H3,(H,18,20)/t15-/m0/s1. The fraction of sp³-hybridized carbons (Fsp3) is 0.562. The summed E-state index contributed by atoms with van der Waals surface area (Å²) in [5, 5.41) is 2.95. The molecule has 1 saturated carbocycles. The van der Waals surface area contributed by atoms with E-state index >= 15 is 0 Å². The molecule has 3 rings (SSSR count). The third kappa shape index (κ3) is 2.57. The van der Waals surface area contributed by atoms with Gasteiger partial charge in [-0.25, -0.2) is 4.39 Å². The molecule has 1 aliphatic heterocycles. The van der Waals surface area contributed by atoms with Crippen molar-refractivity contribution >= 4 is 5.91 Å². The maximum Gasteiger partial charge on any atom is 0.262 e. The predicted molar refractivity (Wildman–Crippen MR) is 76.1 cm³/mol. The summed E-state index contributed by atoms with van der Waals surface area (Å²) in [7, 11) is 0. The van der Waals surface area contributed by atoms with Crippen LogP contribution in [0.4, 0.5) is 4.39 Å². The van der Waals surface area contributed by atoms with E-state index in [9.17, 15) is 9.18 Å². The topological polar surface area (TPSA) is 32.3 Å². The second kappa shape index (κ2) is 4.85. The van der Waals surface area contributed by atoms with Gasteiger partial charge in [-0.05, 0) is 44.8 Å². The first kappa shape index (κ1) is 13.6. The van der Waals surface area contributed by atoms with Gasteiger partial charge in [0.25, 0.3) is 5.91 Å². The molecular weight excluding hydrogens is 255 g/mol. The second-order valence-electron chi connectivity index (χ2n) is 6.23. The number of carbonyl (C=O) groups excluding carboxylic acids is 1. The van der Waals surface area contributed by atoms with Crippen molar-refractivity contribution in [1.29, 1.82) is 0 Å². The largest absolute Gasteiger partial charge is 0.346 e. The molecule has 4 heteroatoms. The van der Waals surface area contributed by atoms with Gasteiger partial charge in [0.1, 0.15) is 0 Å². The zero-order chi connectivity index (χ0) is 14.2. The lowest BCUT2D eigenvalue weighted by atomic mass is 9.96. The number of halogens is 1. The summed E-state index contributed by atoms with van der Waals surface area (Å²) in [6.07, 6.45) is 3.15. The number of nitrogens with zero attached hydrogens (tertiary/aromatic N) is 1. The number of hydrogen-bond acceptors (Lipinski definition) is 2. The first-order valence-electron chi connectivity index (χ1n) is 7.31. The second-order valence-corrected chi connectivity index (χ2v) is 6.23. The average molecular weight is 276 g/mol. The number of benzene rings is 1. The van der Waals surface area contributed by atoms with Crippen LogP contribution in [0, 0.1) is 0 Å². The molecule has 0 bridgehead atoms. The van der Waals surface area contributed by atoms with Crippen LogP contribution in [0.15, 0.2) is 30.3 Å². The summed E-state index contributed by atoms with van der Waals surface area (Å²) in [6, 6.07) is 8.66. The van der Waals surface area contributed by atoms with Gasteiger partial charge in [0.2, 0.25) is 5.67 Å². The van der Waals surface area contributed by atoms with Crippen molar-refractivity contribution in [3.05, 3.63) is 35.9 Å². The number of carbonyl (C=O) groups is 1. The third-order valence-corrected chi connectivity index (χ3v) is 4.45. The molecule has 1 aliphatic carbocycles. The molecule has 0 radical (unpaired) electrons. The van der Waals surface area contributed by atoms with E-state index < -0.39 is 11.6 Å². The van der Waals surface area contributed by atoms with E-state index in [2.05, 4.69) is 10.2 Å². The van der Waals surface area contributed by atoms with Gasteiger partial charge >= 0.3 is 0 Å². The van der Waals surface area contributed by atoms with Gasteiger partial charge in [-0.3, -0.25) is 4.79 Å². The van der Waals surface area contributed by atoms with Gasteiger partial charge in [-0.2, -0.15) is 0 Å². The van der Waals surface area contributed by atoms with Crippen LogP contribution >= 0.6 is 0 Å². The zero-order valence-electron chi connectivity index (χ0n) is 11.9. The van der Waals surface area contributed by atoms with E-state index in [4.69, 9.17) is 0 Å². The summed E-state index contributed by atoms with van der Waals surface area (Å²) >= 11 is 0. The number of nitrogens with one attached hydrogen (secondary N) is 1. The molecule has 1 aromatic carbocycles. The van der Waals surface area contributed by atoms with Crippen molar-refractivity contribution in [2.45, 2.75) is 37.4 Å². The SMILES string of the molecule is C[C@@](F)(C(=O)NC1(CN2CCC2)CC1)c1ccccc1. The fourth-order valence-electron chi connectivity index (χ4n) is 2.68. The van der Waals surface area contributed by atoms with Crippen molar-refractivity contribution in [3.63, 3.8) is 0 Å². The van der Waals surface area contributed by atoms with Crippen LogP contribution in [0.25, 0.3) is 0 Å². The quantitative estimate of drug-likeness (QED) is 0.894. The van der Waals surface area contributed by atoms with E-state index in [-0.39, 0.29) is 5.54 Å². The van der Waals surface area contributed by atoms with E-state index in [1.54, 1.807) is 24.3 Å². The lowest BCUT2D eigenvalue weighted by molar-refractivity contribution is -0.133. The highest BCUT2D eigenvalue weighted by Gasteiger charge is 2.49. The van der Waals surface area contributed by atoms with Gasteiger partial charge in [-0.15, -0.1) is 0 Å². The molecule has 1 N–H and O–H groups in total. The molecule has 1 heterocycles. The van der Waals surface area contributed by atoms with Crippen molar-refractivity contribution < 1.29 is 9.18 Å². The van der Waals surface area contributed by atoms with E-state index in [1.165, 1.54) is 13.3 Å². The molecule has 2 aliphatic rings. The van der Waals surface area contributed by atoms with Crippen LogP contribution in [-0.4, -0.2) is 36.0 Å². The predicted octanol–water partition coefficient (Wildman–Crippen LogP) is 2.23. The number of amides is 1. The van der Waals surface area contributed by atoms with Crippen LogP contribution < -0.4 is 5.32 Å². The summed E-state index contributed by atoms with van der Waals surface area (Å²) in [4.78, 5) is 14.6. The third-order valence-electron chi connectivity index (χ3n) is 4.45. The minimum absolute atomic E-state index is 0.181. The van der Waals surface area contributed by atoms with Gasteiger partial charge in [0.15, 0.2) is 0 Å². The van der Waals surface area contributed by atoms with E-state index in [1.807, 2.05) is 6.07 Å². The van der Waals surface area contributed by atoms with Crippen molar-refractivity contribution in [2.75, 3.05) is 19.6 Å². The molecule has 108 valence electrons. The lowest BCUT2D eigenvalue weighted by Crippen LogP contribution is -2.53. The van der Waals surface area contributed by atoms with Crippen LogP contribution in [0.3, 0.4) is 0 Å². The molecule has 20 heavy (non-hydrogen) atoms. The first-order valence-corrected chi connectivity index (χ1v) is 7.31. The number of rotatable bonds is 5. The molecule has 1 aromatic rings.